The van der Waals surface area contributed by atoms with Gasteiger partial charge in [0.1, 0.15) is 11.6 Å². The van der Waals surface area contributed by atoms with E-state index >= 15 is 0 Å². The number of fused-ring (bicyclic) bond motifs is 1. The Kier molecular flexibility index (Phi) is 3.76. The first-order valence-corrected chi connectivity index (χ1v) is 8.61. The van der Waals surface area contributed by atoms with Gasteiger partial charge in [0.15, 0.2) is 0 Å². The minimum atomic E-state index is -0.283. The van der Waals surface area contributed by atoms with Gasteiger partial charge in [-0.3, -0.25) is 4.79 Å². The number of nitrogens with one attached hydrogen (secondary N) is 2. The molecule has 2 atom stereocenters. The molecule has 5 heteroatoms. The number of ether oxygens (including phenoxy) is 1. The van der Waals surface area contributed by atoms with Gasteiger partial charge in [-0.05, 0) is 68.8 Å². The van der Waals surface area contributed by atoms with Crippen LogP contribution in [-0.4, -0.2) is 25.6 Å². The standard InChI is InChI=1S/C18H23FN2O2/c19-12-3-4-16-13(10-12)15(2-1-9-23-16)21-17(22)14-11-18(14)5-7-20-8-6-18/h3-4,10,14-15,20H,1-2,5-9,11H2,(H,21,22). The number of hydrogen-bond acceptors (Lipinski definition) is 3. The summed E-state index contributed by atoms with van der Waals surface area (Å²) < 4.78 is 19.3. The molecule has 0 aromatic heterocycles. The molecule has 2 unspecified atom stereocenters. The van der Waals surface area contributed by atoms with Crippen molar-refractivity contribution in [2.75, 3.05) is 19.7 Å². The second-order valence-corrected chi connectivity index (χ2v) is 7.10. The minimum absolute atomic E-state index is 0.130. The molecule has 1 saturated heterocycles. The molecule has 0 radical (unpaired) electrons. The smallest absolute Gasteiger partial charge is 0.224 e. The highest BCUT2D eigenvalue weighted by Gasteiger charge is 2.57. The molecule has 1 amide bonds. The van der Waals surface area contributed by atoms with E-state index in [0.29, 0.717) is 12.4 Å². The van der Waals surface area contributed by atoms with Gasteiger partial charge in [-0.15, -0.1) is 0 Å². The molecule has 1 aliphatic carbocycles. The van der Waals surface area contributed by atoms with E-state index in [2.05, 4.69) is 10.6 Å². The van der Waals surface area contributed by atoms with E-state index in [1.807, 2.05) is 0 Å². The zero-order valence-electron chi connectivity index (χ0n) is 13.2. The molecule has 1 spiro atoms. The van der Waals surface area contributed by atoms with Crippen LogP contribution in [0.4, 0.5) is 4.39 Å². The monoisotopic (exact) mass is 318 g/mol. The summed E-state index contributed by atoms with van der Waals surface area (Å²) in [6.45, 7) is 2.63. The van der Waals surface area contributed by atoms with Crippen LogP contribution in [0.3, 0.4) is 0 Å². The van der Waals surface area contributed by atoms with E-state index in [0.717, 1.165) is 50.8 Å². The number of carbonyl (C=O) groups excluding carboxylic acids is 1. The van der Waals surface area contributed by atoms with Crippen molar-refractivity contribution in [1.29, 1.82) is 0 Å². The zero-order chi connectivity index (χ0) is 15.9. The molecule has 4 rings (SSSR count). The maximum atomic E-state index is 13.6. The Labute approximate surface area is 135 Å². The number of rotatable bonds is 2. The molecule has 124 valence electrons. The highest BCUT2D eigenvalue weighted by Crippen LogP contribution is 2.58. The van der Waals surface area contributed by atoms with Crippen LogP contribution >= 0.6 is 0 Å². The molecule has 0 bridgehead atoms. The molecule has 1 aromatic carbocycles. The molecule has 1 saturated carbocycles. The van der Waals surface area contributed by atoms with E-state index in [-0.39, 0.29) is 29.1 Å². The molecule has 2 heterocycles. The van der Waals surface area contributed by atoms with Crippen LogP contribution in [0.15, 0.2) is 18.2 Å². The van der Waals surface area contributed by atoms with Crippen molar-refractivity contribution < 1.29 is 13.9 Å². The highest BCUT2D eigenvalue weighted by molar-refractivity contribution is 5.83. The zero-order valence-corrected chi connectivity index (χ0v) is 13.2. The predicted octanol–water partition coefficient (Wildman–Crippen LogP) is 2.55. The van der Waals surface area contributed by atoms with Gasteiger partial charge in [0.05, 0.1) is 12.6 Å². The highest BCUT2D eigenvalue weighted by atomic mass is 19.1. The van der Waals surface area contributed by atoms with Crippen LogP contribution < -0.4 is 15.4 Å². The predicted molar refractivity (Wildman–Crippen MR) is 84.7 cm³/mol. The Bertz CT molecular complexity index is 613. The fraction of sp³-hybridized carbons (Fsp3) is 0.611. The summed E-state index contributed by atoms with van der Waals surface area (Å²) in [7, 11) is 0. The maximum absolute atomic E-state index is 13.6. The molecule has 2 aliphatic heterocycles. The van der Waals surface area contributed by atoms with Crippen molar-refractivity contribution in [1.82, 2.24) is 10.6 Å². The number of halogens is 1. The van der Waals surface area contributed by atoms with Crippen LogP contribution in [0, 0.1) is 17.2 Å². The Morgan fingerprint density at radius 3 is 3.00 bits per heavy atom. The molecule has 23 heavy (non-hydrogen) atoms. The average Bonchev–Trinajstić information content (AvgIpc) is 3.28. The van der Waals surface area contributed by atoms with Crippen molar-refractivity contribution in [3.8, 4) is 5.75 Å². The summed E-state index contributed by atoms with van der Waals surface area (Å²) in [4.78, 5) is 12.7. The Morgan fingerprint density at radius 2 is 2.17 bits per heavy atom. The normalized spacial score (nSPS) is 28.4. The third kappa shape index (κ3) is 2.82. The number of carbonyl (C=O) groups is 1. The van der Waals surface area contributed by atoms with Crippen molar-refractivity contribution in [2.24, 2.45) is 11.3 Å². The second-order valence-electron chi connectivity index (χ2n) is 7.10. The molecule has 1 aromatic rings. The lowest BCUT2D eigenvalue weighted by molar-refractivity contribution is -0.124. The van der Waals surface area contributed by atoms with E-state index in [1.165, 1.54) is 12.1 Å². The molecule has 4 nitrogen and oxygen atoms in total. The first kappa shape index (κ1) is 14.9. The molecule has 3 aliphatic rings. The van der Waals surface area contributed by atoms with Crippen LogP contribution in [0.2, 0.25) is 0 Å². The van der Waals surface area contributed by atoms with Crippen LogP contribution in [0.5, 0.6) is 5.75 Å². The van der Waals surface area contributed by atoms with Gasteiger partial charge in [-0.2, -0.15) is 0 Å². The summed E-state index contributed by atoms with van der Waals surface area (Å²) in [5.41, 5.74) is 0.997. The Balaban J connectivity index is 1.48. The average molecular weight is 318 g/mol. The van der Waals surface area contributed by atoms with Crippen molar-refractivity contribution >= 4 is 5.91 Å². The maximum Gasteiger partial charge on any atom is 0.224 e. The molecule has 2 N–H and O–H groups in total. The SMILES string of the molecule is O=C(NC1CCCOc2ccc(F)cc21)C1CC12CCNCC2. The Morgan fingerprint density at radius 1 is 1.35 bits per heavy atom. The van der Waals surface area contributed by atoms with E-state index < -0.39 is 0 Å². The van der Waals surface area contributed by atoms with Gasteiger partial charge in [0.25, 0.3) is 0 Å². The summed E-state index contributed by atoms with van der Waals surface area (Å²) in [6.07, 6.45) is 4.83. The van der Waals surface area contributed by atoms with Gasteiger partial charge < -0.3 is 15.4 Å². The third-order valence-electron chi connectivity index (χ3n) is 5.66. The van der Waals surface area contributed by atoms with Gasteiger partial charge in [-0.25, -0.2) is 4.39 Å². The molecule has 2 fully saturated rings. The van der Waals surface area contributed by atoms with Crippen molar-refractivity contribution in [2.45, 2.75) is 38.1 Å². The van der Waals surface area contributed by atoms with Gasteiger partial charge in [0.2, 0.25) is 5.91 Å². The van der Waals surface area contributed by atoms with Gasteiger partial charge in [-0.1, -0.05) is 0 Å². The molecular weight excluding hydrogens is 295 g/mol. The fourth-order valence-electron chi connectivity index (χ4n) is 4.17. The van der Waals surface area contributed by atoms with Crippen molar-refractivity contribution in [3.05, 3.63) is 29.6 Å². The Hall–Kier alpha value is -1.62. The number of amides is 1. The van der Waals surface area contributed by atoms with E-state index in [9.17, 15) is 9.18 Å². The van der Waals surface area contributed by atoms with Crippen LogP contribution in [0.1, 0.15) is 43.7 Å². The fourth-order valence-corrected chi connectivity index (χ4v) is 4.17. The van der Waals surface area contributed by atoms with Crippen molar-refractivity contribution in [3.63, 3.8) is 0 Å². The summed E-state index contributed by atoms with van der Waals surface area (Å²) >= 11 is 0. The van der Waals surface area contributed by atoms with E-state index in [1.54, 1.807) is 6.07 Å². The van der Waals surface area contributed by atoms with Crippen LogP contribution in [-0.2, 0) is 4.79 Å². The number of hydrogen-bond donors (Lipinski definition) is 2. The first-order chi connectivity index (χ1) is 11.2. The number of piperidine rings is 1. The lowest BCUT2D eigenvalue weighted by Crippen LogP contribution is -2.35. The third-order valence-corrected chi connectivity index (χ3v) is 5.66. The second kappa shape index (κ2) is 5.78. The van der Waals surface area contributed by atoms with Crippen LogP contribution in [0.25, 0.3) is 0 Å². The lowest BCUT2D eigenvalue weighted by atomic mass is 9.91. The summed E-state index contributed by atoms with van der Waals surface area (Å²) in [5, 5.41) is 6.53. The van der Waals surface area contributed by atoms with Gasteiger partial charge in [0, 0.05) is 11.5 Å². The number of benzene rings is 1. The summed E-state index contributed by atoms with van der Waals surface area (Å²) in [6, 6.07) is 4.43. The first-order valence-electron chi connectivity index (χ1n) is 8.61. The van der Waals surface area contributed by atoms with Gasteiger partial charge >= 0.3 is 0 Å². The van der Waals surface area contributed by atoms with E-state index in [4.69, 9.17) is 4.74 Å². The quantitative estimate of drug-likeness (QED) is 0.881. The minimum Gasteiger partial charge on any atom is -0.493 e. The topological polar surface area (TPSA) is 50.4 Å². The summed E-state index contributed by atoms with van der Waals surface area (Å²) in [5.74, 6) is 0.677. The molecular formula is C18H23FN2O2. The lowest BCUT2D eigenvalue weighted by Gasteiger charge is -2.24. The largest absolute Gasteiger partial charge is 0.493 e.